The van der Waals surface area contributed by atoms with E-state index < -0.39 is 5.97 Å². The minimum Gasteiger partial charge on any atom is -0.496 e. The van der Waals surface area contributed by atoms with E-state index in [1.807, 2.05) is 25.1 Å². The molecule has 37 heavy (non-hydrogen) atoms. The van der Waals surface area contributed by atoms with Crippen molar-refractivity contribution in [2.45, 2.75) is 26.3 Å². The Balaban J connectivity index is 0.00000228. The lowest BCUT2D eigenvalue weighted by Gasteiger charge is -2.35. The zero-order valence-electron chi connectivity index (χ0n) is 20.8. The number of fused-ring (bicyclic) bond motifs is 1. The SMILES string of the molecule is CCCC(=O)Nc1ccc2nc(N3CCN(Cc4ccccc4OC)CC3)cc(C(=O)O)c2c1.Cl.Cl.Cl. The molecule has 1 amide bonds. The molecule has 0 aliphatic carbocycles. The number of anilines is 2. The number of aromatic nitrogens is 1. The number of aromatic carboxylic acids is 1. The Labute approximate surface area is 235 Å². The standard InChI is InChI=1S/C26H30N4O4.3ClH/c1-3-6-25(31)27-19-9-10-22-20(15-19)21(26(32)33)16-24(28-22)30-13-11-29(12-14-30)17-18-7-4-5-8-23(18)34-2;;;/h4-5,7-10,15-16H,3,6,11-14,17H2,1-2H3,(H,27,31)(H,32,33);3*1H. The maximum atomic E-state index is 12.0. The molecule has 1 aromatic heterocycles. The minimum absolute atomic E-state index is 0. The van der Waals surface area contributed by atoms with E-state index >= 15 is 0 Å². The molecule has 1 aliphatic heterocycles. The van der Waals surface area contributed by atoms with E-state index in [9.17, 15) is 14.7 Å². The molecule has 202 valence electrons. The van der Waals surface area contributed by atoms with Gasteiger partial charge in [0.2, 0.25) is 5.91 Å². The molecule has 3 aromatic rings. The number of hydrogen-bond donors (Lipinski definition) is 2. The number of ether oxygens (including phenoxy) is 1. The predicted octanol–water partition coefficient (Wildman–Crippen LogP) is 5.27. The average molecular weight is 572 g/mol. The fraction of sp³-hybridized carbons (Fsp3) is 0.346. The maximum absolute atomic E-state index is 12.0. The van der Waals surface area contributed by atoms with E-state index in [0.717, 1.165) is 50.5 Å². The van der Waals surface area contributed by atoms with E-state index in [1.165, 1.54) is 0 Å². The van der Waals surface area contributed by atoms with Gasteiger partial charge in [0.05, 0.1) is 18.2 Å². The zero-order chi connectivity index (χ0) is 24.1. The smallest absolute Gasteiger partial charge is 0.336 e. The first kappa shape index (κ1) is 32.2. The number of rotatable bonds is 8. The Bertz CT molecular complexity index is 1200. The summed E-state index contributed by atoms with van der Waals surface area (Å²) in [4.78, 5) is 33.2. The number of nitrogens with one attached hydrogen (secondary N) is 1. The molecular weight excluding hydrogens is 539 g/mol. The van der Waals surface area contributed by atoms with Crippen LogP contribution in [0.4, 0.5) is 11.5 Å². The Morgan fingerprint density at radius 1 is 1.03 bits per heavy atom. The lowest BCUT2D eigenvalue weighted by molar-refractivity contribution is -0.116. The third-order valence-corrected chi connectivity index (χ3v) is 6.07. The second-order valence-corrected chi connectivity index (χ2v) is 8.44. The molecule has 0 unspecified atom stereocenters. The predicted molar refractivity (Wildman–Crippen MR) is 154 cm³/mol. The first-order valence-corrected chi connectivity index (χ1v) is 11.6. The molecule has 11 heteroatoms. The summed E-state index contributed by atoms with van der Waals surface area (Å²) in [6.07, 6.45) is 1.17. The van der Waals surface area contributed by atoms with Gasteiger partial charge in [0.15, 0.2) is 0 Å². The lowest BCUT2D eigenvalue weighted by atomic mass is 10.1. The van der Waals surface area contributed by atoms with Crippen molar-refractivity contribution < 1.29 is 19.4 Å². The van der Waals surface area contributed by atoms with Gasteiger partial charge in [0.25, 0.3) is 0 Å². The number of para-hydroxylation sites is 1. The third kappa shape index (κ3) is 7.85. The number of carbonyl (C=O) groups is 2. The molecule has 0 spiro atoms. The summed E-state index contributed by atoms with van der Waals surface area (Å²) < 4.78 is 5.47. The lowest BCUT2D eigenvalue weighted by Crippen LogP contribution is -2.46. The highest BCUT2D eigenvalue weighted by molar-refractivity contribution is 6.05. The molecule has 2 heterocycles. The van der Waals surface area contributed by atoms with Gasteiger partial charge in [-0.05, 0) is 36.8 Å². The van der Waals surface area contributed by atoms with E-state index in [4.69, 9.17) is 9.72 Å². The highest BCUT2D eigenvalue weighted by Gasteiger charge is 2.22. The van der Waals surface area contributed by atoms with Gasteiger partial charge in [-0.15, -0.1) is 37.2 Å². The van der Waals surface area contributed by atoms with Crippen LogP contribution >= 0.6 is 37.2 Å². The molecule has 0 radical (unpaired) electrons. The van der Waals surface area contributed by atoms with Crippen LogP contribution < -0.4 is 15.0 Å². The first-order valence-electron chi connectivity index (χ1n) is 11.6. The van der Waals surface area contributed by atoms with Crippen molar-refractivity contribution >= 4 is 71.5 Å². The number of benzene rings is 2. The number of carboxylic acids is 1. The summed E-state index contributed by atoms with van der Waals surface area (Å²) in [5, 5.41) is 13.2. The number of carboxylic acid groups (broad SMARTS) is 1. The van der Waals surface area contributed by atoms with Crippen molar-refractivity contribution in [3.63, 3.8) is 0 Å². The highest BCUT2D eigenvalue weighted by Crippen LogP contribution is 2.27. The van der Waals surface area contributed by atoms with Crippen molar-refractivity contribution in [1.82, 2.24) is 9.88 Å². The molecule has 4 rings (SSSR count). The normalized spacial score (nSPS) is 13.1. The van der Waals surface area contributed by atoms with Gasteiger partial charge in [0, 0.05) is 55.8 Å². The van der Waals surface area contributed by atoms with Crippen LogP contribution in [0, 0.1) is 0 Å². The van der Waals surface area contributed by atoms with Gasteiger partial charge in [0.1, 0.15) is 11.6 Å². The van der Waals surface area contributed by atoms with Gasteiger partial charge in [-0.3, -0.25) is 9.69 Å². The molecule has 0 atom stereocenters. The summed E-state index contributed by atoms with van der Waals surface area (Å²) in [5.41, 5.74) is 2.51. The van der Waals surface area contributed by atoms with E-state index in [-0.39, 0.29) is 48.7 Å². The number of pyridine rings is 1. The largest absolute Gasteiger partial charge is 0.496 e. The Hall–Kier alpha value is -2.78. The molecule has 2 N–H and O–H groups in total. The van der Waals surface area contributed by atoms with Gasteiger partial charge >= 0.3 is 5.97 Å². The van der Waals surface area contributed by atoms with Crippen molar-refractivity contribution in [1.29, 1.82) is 0 Å². The van der Waals surface area contributed by atoms with Crippen molar-refractivity contribution in [3.8, 4) is 5.75 Å². The molecular formula is C26H33Cl3N4O4. The fourth-order valence-electron chi connectivity index (χ4n) is 4.29. The van der Waals surface area contributed by atoms with Crippen LogP contribution in [0.3, 0.4) is 0 Å². The Morgan fingerprint density at radius 3 is 2.38 bits per heavy atom. The molecule has 2 aromatic carbocycles. The van der Waals surface area contributed by atoms with E-state index in [2.05, 4.69) is 21.2 Å². The Morgan fingerprint density at radius 2 is 1.73 bits per heavy atom. The monoisotopic (exact) mass is 570 g/mol. The van der Waals surface area contributed by atoms with Crippen molar-refractivity contribution in [3.05, 3.63) is 59.7 Å². The first-order chi connectivity index (χ1) is 16.5. The van der Waals surface area contributed by atoms with Crippen LogP contribution in [-0.4, -0.2) is 60.2 Å². The van der Waals surface area contributed by atoms with Crippen LogP contribution in [0.15, 0.2) is 48.5 Å². The van der Waals surface area contributed by atoms with Gasteiger partial charge in [-0.1, -0.05) is 25.1 Å². The molecule has 1 aliphatic rings. The number of amides is 1. The van der Waals surface area contributed by atoms with Crippen molar-refractivity contribution in [2.24, 2.45) is 0 Å². The summed E-state index contributed by atoms with van der Waals surface area (Å²) in [6, 6.07) is 14.9. The second kappa shape index (κ2) is 14.8. The molecule has 0 saturated carbocycles. The summed E-state index contributed by atoms with van der Waals surface area (Å²) in [7, 11) is 1.68. The average Bonchev–Trinajstić information content (AvgIpc) is 2.84. The zero-order valence-corrected chi connectivity index (χ0v) is 23.3. The molecule has 1 fully saturated rings. The van der Waals surface area contributed by atoms with Crippen LogP contribution in [0.25, 0.3) is 10.9 Å². The maximum Gasteiger partial charge on any atom is 0.336 e. The van der Waals surface area contributed by atoms with Gasteiger partial charge < -0.3 is 20.1 Å². The van der Waals surface area contributed by atoms with E-state index in [1.54, 1.807) is 31.4 Å². The van der Waals surface area contributed by atoms with Gasteiger partial charge in [-0.2, -0.15) is 0 Å². The van der Waals surface area contributed by atoms with Crippen LogP contribution in [-0.2, 0) is 11.3 Å². The van der Waals surface area contributed by atoms with Crippen LogP contribution in [0.1, 0.15) is 35.7 Å². The second-order valence-electron chi connectivity index (χ2n) is 8.44. The summed E-state index contributed by atoms with van der Waals surface area (Å²) in [5.74, 6) is 0.442. The number of halogens is 3. The highest BCUT2D eigenvalue weighted by atomic mass is 35.5. The van der Waals surface area contributed by atoms with Crippen molar-refractivity contribution in [2.75, 3.05) is 43.5 Å². The van der Waals surface area contributed by atoms with Crippen LogP contribution in [0.5, 0.6) is 5.75 Å². The summed E-state index contributed by atoms with van der Waals surface area (Å²) in [6.45, 7) is 5.91. The Kier molecular flexibility index (Phi) is 12.9. The summed E-state index contributed by atoms with van der Waals surface area (Å²) >= 11 is 0. The fourth-order valence-corrected chi connectivity index (χ4v) is 4.29. The van der Waals surface area contributed by atoms with E-state index in [0.29, 0.717) is 28.8 Å². The molecule has 8 nitrogen and oxygen atoms in total. The van der Waals surface area contributed by atoms with Crippen LogP contribution in [0.2, 0.25) is 0 Å². The number of methoxy groups -OCH3 is 1. The number of piperazine rings is 1. The number of carbonyl (C=O) groups excluding carboxylic acids is 1. The third-order valence-electron chi connectivity index (χ3n) is 6.07. The number of hydrogen-bond acceptors (Lipinski definition) is 6. The topological polar surface area (TPSA) is 95.0 Å². The van der Waals surface area contributed by atoms with Gasteiger partial charge in [-0.25, -0.2) is 9.78 Å². The minimum atomic E-state index is -1.01. The quantitative estimate of drug-likeness (QED) is 0.380. The molecule has 1 saturated heterocycles. The molecule has 0 bridgehead atoms. The number of nitrogens with zero attached hydrogens (tertiary/aromatic N) is 3.